The molecule has 7 heteroatoms. The Morgan fingerprint density at radius 2 is 1.81 bits per heavy atom. The molecule has 1 aliphatic heterocycles. The van der Waals surface area contributed by atoms with Gasteiger partial charge in [-0.2, -0.15) is 0 Å². The van der Waals surface area contributed by atoms with E-state index in [0.717, 1.165) is 12.5 Å². The maximum atomic E-state index is 13.9. The lowest BCUT2D eigenvalue weighted by atomic mass is 10.1. The van der Waals surface area contributed by atoms with Gasteiger partial charge < -0.3 is 20.1 Å². The molecule has 0 saturated carbocycles. The minimum atomic E-state index is -0.665. The first kappa shape index (κ1) is 17.9. The molecule has 2 amide bonds. The Balaban J connectivity index is 1.61. The molecular formula is C19H19FN2O4. The standard InChI is InChI=1S/C19H19FN2O4/c1-25-14-8-9-15(16(20)11-14)18(23)21-12-4-6-13(7-5-12)22-19(24)17-3-2-10-26-17/h4-9,11,17H,2-3,10H2,1H3,(H,21,23)(H,22,24). The summed E-state index contributed by atoms with van der Waals surface area (Å²) >= 11 is 0. The molecule has 1 aliphatic rings. The summed E-state index contributed by atoms with van der Waals surface area (Å²) < 4.78 is 24.2. The molecule has 2 aromatic rings. The van der Waals surface area contributed by atoms with Gasteiger partial charge in [0.15, 0.2) is 0 Å². The van der Waals surface area contributed by atoms with Crippen LogP contribution in [0.1, 0.15) is 23.2 Å². The van der Waals surface area contributed by atoms with E-state index in [-0.39, 0.29) is 11.5 Å². The summed E-state index contributed by atoms with van der Waals surface area (Å²) in [5, 5.41) is 5.38. The van der Waals surface area contributed by atoms with Crippen molar-refractivity contribution in [1.82, 2.24) is 0 Å². The lowest BCUT2D eigenvalue weighted by Gasteiger charge is -2.11. The van der Waals surface area contributed by atoms with Crippen molar-refractivity contribution in [2.75, 3.05) is 24.4 Å². The number of hydrogen-bond donors (Lipinski definition) is 2. The number of hydrogen-bond acceptors (Lipinski definition) is 4. The van der Waals surface area contributed by atoms with Gasteiger partial charge in [-0.1, -0.05) is 0 Å². The summed E-state index contributed by atoms with van der Waals surface area (Å²) in [6.07, 6.45) is 1.19. The minimum absolute atomic E-state index is 0.0819. The molecule has 0 aliphatic carbocycles. The first-order valence-corrected chi connectivity index (χ1v) is 8.24. The van der Waals surface area contributed by atoms with Gasteiger partial charge in [-0.3, -0.25) is 9.59 Å². The Bertz CT molecular complexity index is 802. The highest BCUT2D eigenvalue weighted by Crippen LogP contribution is 2.20. The number of nitrogens with one attached hydrogen (secondary N) is 2. The van der Waals surface area contributed by atoms with Crippen molar-refractivity contribution in [2.45, 2.75) is 18.9 Å². The topological polar surface area (TPSA) is 76.7 Å². The van der Waals surface area contributed by atoms with Gasteiger partial charge in [0.1, 0.15) is 17.7 Å². The number of carbonyl (C=O) groups excluding carboxylic acids is 2. The first-order valence-electron chi connectivity index (χ1n) is 8.24. The van der Waals surface area contributed by atoms with Crippen molar-refractivity contribution in [3.8, 4) is 5.75 Å². The third kappa shape index (κ3) is 4.18. The molecule has 1 saturated heterocycles. The normalized spacial score (nSPS) is 16.2. The molecule has 2 aromatic carbocycles. The predicted octanol–water partition coefficient (Wildman–Crippen LogP) is 3.20. The molecule has 1 unspecified atom stereocenters. The van der Waals surface area contributed by atoms with Gasteiger partial charge in [-0.05, 0) is 49.2 Å². The zero-order chi connectivity index (χ0) is 18.5. The Kier molecular flexibility index (Phi) is 5.48. The van der Waals surface area contributed by atoms with Crippen molar-refractivity contribution in [3.63, 3.8) is 0 Å². The summed E-state index contributed by atoms with van der Waals surface area (Å²) in [6.45, 7) is 0.602. The smallest absolute Gasteiger partial charge is 0.258 e. The highest BCUT2D eigenvalue weighted by molar-refractivity contribution is 6.04. The maximum absolute atomic E-state index is 13.9. The van der Waals surface area contributed by atoms with Gasteiger partial charge in [0.05, 0.1) is 12.7 Å². The van der Waals surface area contributed by atoms with Crippen LogP contribution in [0.15, 0.2) is 42.5 Å². The third-order valence-electron chi connectivity index (χ3n) is 4.05. The summed E-state index contributed by atoms with van der Waals surface area (Å²) in [4.78, 5) is 24.2. The molecule has 6 nitrogen and oxygen atoms in total. The van der Waals surface area contributed by atoms with Crippen LogP contribution in [0.3, 0.4) is 0 Å². The number of rotatable bonds is 5. The van der Waals surface area contributed by atoms with Gasteiger partial charge >= 0.3 is 0 Å². The highest BCUT2D eigenvalue weighted by Gasteiger charge is 2.23. The molecule has 1 heterocycles. The number of anilines is 2. The second kappa shape index (κ2) is 7.97. The maximum Gasteiger partial charge on any atom is 0.258 e. The number of amides is 2. The van der Waals surface area contributed by atoms with Crippen LogP contribution in [0, 0.1) is 5.82 Å². The lowest BCUT2D eigenvalue weighted by molar-refractivity contribution is -0.124. The van der Waals surface area contributed by atoms with Gasteiger partial charge in [0.25, 0.3) is 11.8 Å². The molecule has 0 radical (unpaired) electrons. The average molecular weight is 358 g/mol. The summed E-state index contributed by atoms with van der Waals surface area (Å²) in [5.74, 6) is -1.08. The van der Waals surface area contributed by atoms with E-state index in [1.54, 1.807) is 24.3 Å². The molecule has 0 bridgehead atoms. The molecule has 1 atom stereocenters. The van der Waals surface area contributed by atoms with Crippen molar-refractivity contribution in [3.05, 3.63) is 53.8 Å². The molecule has 0 aromatic heterocycles. The van der Waals surface area contributed by atoms with Gasteiger partial charge in [0, 0.05) is 24.0 Å². The molecule has 3 rings (SSSR count). The van der Waals surface area contributed by atoms with E-state index in [1.165, 1.54) is 19.2 Å². The van der Waals surface area contributed by atoms with Crippen LogP contribution < -0.4 is 15.4 Å². The van der Waals surface area contributed by atoms with E-state index in [2.05, 4.69) is 10.6 Å². The largest absolute Gasteiger partial charge is 0.497 e. The summed E-state index contributed by atoms with van der Waals surface area (Å²) in [5.41, 5.74) is 1.00. The van der Waals surface area contributed by atoms with Crippen molar-refractivity contribution < 1.29 is 23.5 Å². The van der Waals surface area contributed by atoms with Crippen molar-refractivity contribution in [2.24, 2.45) is 0 Å². The summed E-state index contributed by atoms with van der Waals surface area (Å²) in [6, 6.07) is 10.6. The van der Waals surface area contributed by atoms with E-state index in [9.17, 15) is 14.0 Å². The fourth-order valence-corrected chi connectivity index (χ4v) is 2.65. The Hall–Kier alpha value is -2.93. The van der Waals surface area contributed by atoms with Crippen LogP contribution in [-0.4, -0.2) is 31.6 Å². The van der Waals surface area contributed by atoms with Crippen molar-refractivity contribution >= 4 is 23.2 Å². The van der Waals surface area contributed by atoms with Crippen LogP contribution in [0.5, 0.6) is 5.75 Å². The molecule has 136 valence electrons. The molecule has 26 heavy (non-hydrogen) atoms. The zero-order valence-electron chi connectivity index (χ0n) is 14.3. The number of benzene rings is 2. The van der Waals surface area contributed by atoms with E-state index < -0.39 is 17.8 Å². The number of ether oxygens (including phenoxy) is 2. The predicted molar refractivity (Wildman–Crippen MR) is 95.0 cm³/mol. The second-order valence-electron chi connectivity index (χ2n) is 5.87. The monoisotopic (exact) mass is 358 g/mol. The average Bonchev–Trinajstić information content (AvgIpc) is 3.18. The van der Waals surface area contributed by atoms with E-state index >= 15 is 0 Å². The fourth-order valence-electron chi connectivity index (χ4n) is 2.65. The Morgan fingerprint density at radius 1 is 1.12 bits per heavy atom. The Morgan fingerprint density at radius 3 is 2.38 bits per heavy atom. The van der Waals surface area contributed by atoms with Crippen LogP contribution in [0.25, 0.3) is 0 Å². The van der Waals surface area contributed by atoms with Gasteiger partial charge in [-0.15, -0.1) is 0 Å². The van der Waals surface area contributed by atoms with Crippen LogP contribution in [0.2, 0.25) is 0 Å². The Labute approximate surface area is 150 Å². The first-order chi connectivity index (χ1) is 12.6. The number of methoxy groups -OCH3 is 1. The molecular weight excluding hydrogens is 339 g/mol. The number of halogens is 1. The molecule has 1 fully saturated rings. The number of carbonyl (C=O) groups is 2. The third-order valence-corrected chi connectivity index (χ3v) is 4.05. The van der Waals surface area contributed by atoms with E-state index in [0.29, 0.717) is 30.2 Å². The zero-order valence-corrected chi connectivity index (χ0v) is 14.3. The van der Waals surface area contributed by atoms with E-state index in [4.69, 9.17) is 9.47 Å². The highest BCUT2D eigenvalue weighted by atomic mass is 19.1. The molecule has 0 spiro atoms. The second-order valence-corrected chi connectivity index (χ2v) is 5.87. The van der Waals surface area contributed by atoms with Crippen molar-refractivity contribution in [1.29, 1.82) is 0 Å². The summed E-state index contributed by atoms with van der Waals surface area (Å²) in [7, 11) is 1.42. The van der Waals surface area contributed by atoms with Crippen LogP contribution >= 0.6 is 0 Å². The molecule has 2 N–H and O–H groups in total. The van der Waals surface area contributed by atoms with Gasteiger partial charge in [-0.25, -0.2) is 4.39 Å². The fraction of sp³-hybridized carbons (Fsp3) is 0.263. The van der Waals surface area contributed by atoms with Crippen LogP contribution in [0.4, 0.5) is 15.8 Å². The van der Waals surface area contributed by atoms with Gasteiger partial charge in [0.2, 0.25) is 0 Å². The lowest BCUT2D eigenvalue weighted by Crippen LogP contribution is -2.26. The minimum Gasteiger partial charge on any atom is -0.497 e. The van der Waals surface area contributed by atoms with Crippen LogP contribution in [-0.2, 0) is 9.53 Å². The quantitative estimate of drug-likeness (QED) is 0.861. The SMILES string of the molecule is COc1ccc(C(=O)Nc2ccc(NC(=O)C3CCCO3)cc2)c(F)c1. The van der Waals surface area contributed by atoms with E-state index in [1.807, 2.05) is 0 Å².